The van der Waals surface area contributed by atoms with Crippen molar-refractivity contribution >= 4 is 11.6 Å². The van der Waals surface area contributed by atoms with Crippen LogP contribution in [0.3, 0.4) is 0 Å². The second kappa shape index (κ2) is 4.94. The van der Waals surface area contributed by atoms with E-state index in [0.29, 0.717) is 6.04 Å². The van der Waals surface area contributed by atoms with Gasteiger partial charge in [-0.25, -0.2) is 4.52 Å². The highest BCUT2D eigenvalue weighted by molar-refractivity contribution is 5.44. The van der Waals surface area contributed by atoms with Crippen molar-refractivity contribution in [2.75, 3.05) is 18.4 Å². The van der Waals surface area contributed by atoms with Gasteiger partial charge in [0.1, 0.15) is 0 Å². The summed E-state index contributed by atoms with van der Waals surface area (Å²) < 4.78 is 1.87. The molecule has 0 radical (unpaired) electrons. The molecule has 3 heterocycles. The predicted molar refractivity (Wildman–Crippen MR) is 71.9 cm³/mol. The Labute approximate surface area is 107 Å². The molecule has 0 bridgehead atoms. The average molecular weight is 245 g/mol. The molecule has 1 aliphatic heterocycles. The van der Waals surface area contributed by atoms with E-state index in [2.05, 4.69) is 20.7 Å². The Morgan fingerprint density at radius 1 is 1.50 bits per heavy atom. The standard InChI is InChI=1S/C13H19N5/c1-10-4-2-6-12-16-13(17-18(10)12)15-9-7-11-5-3-8-14-11/h2,4,6,11,14H,3,5,7-9H2,1H3,(H,15,17). The van der Waals surface area contributed by atoms with Crippen molar-refractivity contribution in [1.82, 2.24) is 19.9 Å². The van der Waals surface area contributed by atoms with E-state index in [1.807, 2.05) is 29.6 Å². The van der Waals surface area contributed by atoms with Gasteiger partial charge in [0, 0.05) is 18.3 Å². The van der Waals surface area contributed by atoms with Gasteiger partial charge in [-0.05, 0) is 44.9 Å². The Kier molecular flexibility index (Phi) is 3.15. The molecular formula is C13H19N5. The molecule has 1 saturated heterocycles. The lowest BCUT2D eigenvalue weighted by atomic mass is 10.2. The lowest BCUT2D eigenvalue weighted by molar-refractivity contribution is 0.573. The summed E-state index contributed by atoms with van der Waals surface area (Å²) in [6.45, 7) is 4.12. The van der Waals surface area contributed by atoms with E-state index in [4.69, 9.17) is 0 Å². The van der Waals surface area contributed by atoms with Crippen molar-refractivity contribution in [3.63, 3.8) is 0 Å². The summed E-state index contributed by atoms with van der Waals surface area (Å²) in [7, 11) is 0. The molecule has 3 rings (SSSR count). The molecular weight excluding hydrogens is 226 g/mol. The molecule has 5 heteroatoms. The van der Waals surface area contributed by atoms with Crippen molar-refractivity contribution < 1.29 is 0 Å². The number of nitrogens with zero attached hydrogens (tertiary/aromatic N) is 3. The topological polar surface area (TPSA) is 54.2 Å². The van der Waals surface area contributed by atoms with E-state index >= 15 is 0 Å². The molecule has 2 aromatic heterocycles. The molecule has 2 aromatic rings. The largest absolute Gasteiger partial charge is 0.353 e. The second-order valence-corrected chi connectivity index (χ2v) is 4.88. The molecule has 96 valence electrons. The fourth-order valence-corrected chi connectivity index (χ4v) is 2.47. The fraction of sp³-hybridized carbons (Fsp3) is 0.538. The van der Waals surface area contributed by atoms with E-state index in [0.717, 1.165) is 36.8 Å². The summed E-state index contributed by atoms with van der Waals surface area (Å²) in [6, 6.07) is 6.68. The summed E-state index contributed by atoms with van der Waals surface area (Å²) in [5, 5.41) is 11.2. The summed E-state index contributed by atoms with van der Waals surface area (Å²) in [5.74, 6) is 0.724. The van der Waals surface area contributed by atoms with Crippen molar-refractivity contribution in [2.24, 2.45) is 0 Å². The molecule has 0 aliphatic carbocycles. The van der Waals surface area contributed by atoms with Gasteiger partial charge >= 0.3 is 0 Å². The van der Waals surface area contributed by atoms with Gasteiger partial charge in [-0.1, -0.05) is 6.07 Å². The third-order valence-corrected chi connectivity index (χ3v) is 3.49. The van der Waals surface area contributed by atoms with Gasteiger partial charge in [-0.15, -0.1) is 5.10 Å². The summed E-state index contributed by atoms with van der Waals surface area (Å²) >= 11 is 0. The SMILES string of the molecule is Cc1cccc2nc(NCCC3CCCN3)nn12. The minimum Gasteiger partial charge on any atom is -0.353 e. The van der Waals surface area contributed by atoms with Crippen LogP contribution in [-0.4, -0.2) is 33.7 Å². The Morgan fingerprint density at radius 3 is 3.22 bits per heavy atom. The number of anilines is 1. The first kappa shape index (κ1) is 11.5. The quantitative estimate of drug-likeness (QED) is 0.859. The number of nitrogens with one attached hydrogen (secondary N) is 2. The summed E-state index contributed by atoms with van der Waals surface area (Å²) in [6.07, 6.45) is 3.73. The third-order valence-electron chi connectivity index (χ3n) is 3.49. The highest BCUT2D eigenvalue weighted by Crippen LogP contribution is 2.10. The number of hydrogen-bond donors (Lipinski definition) is 2. The van der Waals surface area contributed by atoms with Crippen molar-refractivity contribution in [1.29, 1.82) is 0 Å². The normalized spacial score (nSPS) is 19.5. The zero-order valence-corrected chi connectivity index (χ0v) is 10.7. The maximum absolute atomic E-state index is 4.46. The average Bonchev–Trinajstić information content (AvgIpc) is 2.98. The molecule has 2 N–H and O–H groups in total. The molecule has 1 fully saturated rings. The number of pyridine rings is 1. The minimum atomic E-state index is 0.663. The van der Waals surface area contributed by atoms with Gasteiger partial charge in [0.2, 0.25) is 5.95 Å². The van der Waals surface area contributed by atoms with Gasteiger partial charge in [0.05, 0.1) is 0 Å². The molecule has 1 aliphatic rings. The summed E-state index contributed by atoms with van der Waals surface area (Å²) in [5.41, 5.74) is 2.00. The van der Waals surface area contributed by atoms with Crippen LogP contribution in [0, 0.1) is 6.92 Å². The molecule has 0 spiro atoms. The Balaban J connectivity index is 1.62. The minimum absolute atomic E-state index is 0.663. The maximum atomic E-state index is 4.46. The lowest BCUT2D eigenvalue weighted by Gasteiger charge is -2.09. The predicted octanol–water partition coefficient (Wildman–Crippen LogP) is 1.59. The number of aryl methyl sites for hydroxylation is 1. The zero-order valence-electron chi connectivity index (χ0n) is 10.7. The van der Waals surface area contributed by atoms with Crippen LogP contribution < -0.4 is 10.6 Å². The molecule has 0 saturated carbocycles. The zero-order chi connectivity index (χ0) is 12.4. The van der Waals surface area contributed by atoms with Crippen LogP contribution in [0.15, 0.2) is 18.2 Å². The van der Waals surface area contributed by atoms with Crippen molar-refractivity contribution in [3.8, 4) is 0 Å². The van der Waals surface area contributed by atoms with Gasteiger partial charge in [-0.3, -0.25) is 0 Å². The fourth-order valence-electron chi connectivity index (χ4n) is 2.47. The van der Waals surface area contributed by atoms with E-state index in [9.17, 15) is 0 Å². The molecule has 18 heavy (non-hydrogen) atoms. The first-order valence-electron chi connectivity index (χ1n) is 6.62. The highest BCUT2D eigenvalue weighted by atomic mass is 15.3. The van der Waals surface area contributed by atoms with Crippen LogP contribution >= 0.6 is 0 Å². The highest BCUT2D eigenvalue weighted by Gasteiger charge is 2.13. The molecule has 1 atom stereocenters. The van der Waals surface area contributed by atoms with Crippen LogP contribution in [0.5, 0.6) is 0 Å². The summed E-state index contributed by atoms with van der Waals surface area (Å²) in [4.78, 5) is 4.46. The first-order valence-corrected chi connectivity index (χ1v) is 6.62. The van der Waals surface area contributed by atoms with Gasteiger partial charge in [-0.2, -0.15) is 4.98 Å². The van der Waals surface area contributed by atoms with E-state index in [1.54, 1.807) is 0 Å². The van der Waals surface area contributed by atoms with Crippen LogP contribution in [-0.2, 0) is 0 Å². The van der Waals surface area contributed by atoms with Crippen molar-refractivity contribution in [2.45, 2.75) is 32.2 Å². The monoisotopic (exact) mass is 245 g/mol. The third kappa shape index (κ3) is 2.31. The lowest BCUT2D eigenvalue weighted by Crippen LogP contribution is -2.24. The Morgan fingerprint density at radius 2 is 2.44 bits per heavy atom. The Hall–Kier alpha value is -1.62. The maximum Gasteiger partial charge on any atom is 0.243 e. The first-order chi connectivity index (χ1) is 8.83. The molecule has 0 amide bonds. The van der Waals surface area contributed by atoms with Crippen LogP contribution in [0.2, 0.25) is 0 Å². The molecule has 5 nitrogen and oxygen atoms in total. The number of rotatable bonds is 4. The molecule has 1 unspecified atom stereocenters. The number of aromatic nitrogens is 3. The van der Waals surface area contributed by atoms with Crippen LogP contribution in [0.4, 0.5) is 5.95 Å². The molecule has 0 aromatic carbocycles. The van der Waals surface area contributed by atoms with E-state index < -0.39 is 0 Å². The Bertz CT molecular complexity index is 527. The smallest absolute Gasteiger partial charge is 0.243 e. The van der Waals surface area contributed by atoms with Gasteiger partial charge < -0.3 is 10.6 Å². The number of hydrogen-bond acceptors (Lipinski definition) is 4. The van der Waals surface area contributed by atoms with Gasteiger partial charge in [0.25, 0.3) is 0 Å². The van der Waals surface area contributed by atoms with E-state index in [1.165, 1.54) is 12.8 Å². The van der Waals surface area contributed by atoms with Gasteiger partial charge in [0.15, 0.2) is 5.65 Å². The second-order valence-electron chi connectivity index (χ2n) is 4.88. The van der Waals surface area contributed by atoms with Crippen LogP contribution in [0.25, 0.3) is 5.65 Å². The van der Waals surface area contributed by atoms with E-state index in [-0.39, 0.29) is 0 Å². The van der Waals surface area contributed by atoms with Crippen LogP contribution in [0.1, 0.15) is 25.0 Å². The van der Waals surface area contributed by atoms with Crippen molar-refractivity contribution in [3.05, 3.63) is 23.9 Å². The number of fused-ring (bicyclic) bond motifs is 1.